The Morgan fingerprint density at radius 3 is 2.11 bits per heavy atom. The summed E-state index contributed by atoms with van der Waals surface area (Å²) in [4.78, 5) is 0. The summed E-state index contributed by atoms with van der Waals surface area (Å²) in [5.74, 6) is 4.52. The average molecular weight is 248 g/mol. The molecule has 1 aromatic heterocycles. The molecular weight excluding hydrogens is 228 g/mol. The van der Waals surface area contributed by atoms with Crippen LogP contribution < -0.4 is 11.5 Å². The molecule has 4 aliphatic rings. The Morgan fingerprint density at radius 1 is 1.00 bits per heavy atom. The van der Waals surface area contributed by atoms with E-state index >= 15 is 0 Å². The van der Waals surface area contributed by atoms with Gasteiger partial charge in [-0.25, -0.2) is 0 Å². The van der Waals surface area contributed by atoms with E-state index in [0.29, 0.717) is 11.8 Å². The number of anilines is 1. The fourth-order valence-electron chi connectivity index (χ4n) is 5.10. The molecule has 5 heteroatoms. The summed E-state index contributed by atoms with van der Waals surface area (Å²) in [5, 5.41) is 7.71. The maximum atomic E-state index is 6.38. The highest BCUT2D eigenvalue weighted by Crippen LogP contribution is 2.58. The quantitative estimate of drug-likeness (QED) is 0.831. The van der Waals surface area contributed by atoms with Gasteiger partial charge in [-0.05, 0) is 61.7 Å². The number of hydrogen-bond acceptors (Lipinski definition) is 5. The molecule has 4 fully saturated rings. The molecule has 0 radical (unpaired) electrons. The van der Waals surface area contributed by atoms with Gasteiger partial charge in [0, 0.05) is 0 Å². The zero-order chi connectivity index (χ0) is 12.3. The summed E-state index contributed by atoms with van der Waals surface area (Å²) < 4.78 is 5.33. The summed E-state index contributed by atoms with van der Waals surface area (Å²) in [6, 6.07) is 0.00839. The SMILES string of the molecule is Nc1nnc(C(N)C2C3CC4CC(C3)CC2C4)o1. The van der Waals surface area contributed by atoms with E-state index in [9.17, 15) is 0 Å². The predicted octanol–water partition coefficient (Wildman–Crippen LogP) is 1.72. The summed E-state index contributed by atoms with van der Waals surface area (Å²) >= 11 is 0. The van der Waals surface area contributed by atoms with Crippen LogP contribution >= 0.6 is 0 Å². The fourth-order valence-corrected chi connectivity index (χ4v) is 5.10. The van der Waals surface area contributed by atoms with E-state index in [1.54, 1.807) is 0 Å². The molecule has 98 valence electrons. The molecule has 1 atom stereocenters. The lowest BCUT2D eigenvalue weighted by Gasteiger charge is -2.55. The van der Waals surface area contributed by atoms with Crippen LogP contribution in [0.2, 0.25) is 0 Å². The van der Waals surface area contributed by atoms with Gasteiger partial charge in [0.25, 0.3) is 0 Å². The van der Waals surface area contributed by atoms with Gasteiger partial charge < -0.3 is 15.9 Å². The zero-order valence-electron chi connectivity index (χ0n) is 10.5. The molecule has 18 heavy (non-hydrogen) atoms. The Kier molecular flexibility index (Phi) is 2.22. The largest absolute Gasteiger partial charge is 0.407 e. The number of nitrogen functional groups attached to an aromatic ring is 1. The van der Waals surface area contributed by atoms with Crippen molar-refractivity contribution in [2.45, 2.75) is 38.1 Å². The van der Waals surface area contributed by atoms with Crippen LogP contribution in [0.15, 0.2) is 4.42 Å². The van der Waals surface area contributed by atoms with Crippen molar-refractivity contribution in [3.63, 3.8) is 0 Å². The Balaban J connectivity index is 1.61. The molecule has 1 unspecified atom stereocenters. The minimum atomic E-state index is -0.121. The van der Waals surface area contributed by atoms with Crippen molar-refractivity contribution in [2.75, 3.05) is 5.73 Å². The normalized spacial score (nSPS) is 43.3. The Bertz CT molecular complexity index is 430. The summed E-state index contributed by atoms with van der Waals surface area (Å²) in [5.41, 5.74) is 11.9. The summed E-state index contributed by atoms with van der Waals surface area (Å²) in [6.07, 6.45) is 6.89. The van der Waals surface area contributed by atoms with Crippen LogP contribution in [-0.2, 0) is 0 Å². The van der Waals surface area contributed by atoms with Gasteiger partial charge >= 0.3 is 6.01 Å². The third-order valence-electron chi connectivity index (χ3n) is 5.46. The Morgan fingerprint density at radius 2 is 1.61 bits per heavy atom. The molecule has 4 bridgehead atoms. The second-order valence-corrected chi connectivity index (χ2v) is 6.51. The standard InChI is InChI=1S/C13H20N4O/c14-11(12-16-17-13(15)18-12)10-8-2-6-1-7(4-8)5-9(10)3-6/h6-11H,1-5,14H2,(H2,15,17). The minimum absolute atomic E-state index is 0.121. The van der Waals surface area contributed by atoms with Gasteiger partial charge in [-0.2, -0.15) is 0 Å². The molecule has 5 rings (SSSR count). The van der Waals surface area contributed by atoms with Crippen molar-refractivity contribution < 1.29 is 4.42 Å². The minimum Gasteiger partial charge on any atom is -0.407 e. The van der Waals surface area contributed by atoms with Crippen LogP contribution in [0, 0.1) is 29.6 Å². The second kappa shape index (κ2) is 3.70. The van der Waals surface area contributed by atoms with Gasteiger partial charge in [-0.1, -0.05) is 5.10 Å². The third kappa shape index (κ3) is 1.49. The lowest BCUT2D eigenvalue weighted by atomic mass is 9.50. The molecule has 0 spiro atoms. The van der Waals surface area contributed by atoms with Crippen molar-refractivity contribution in [2.24, 2.45) is 35.3 Å². The Hall–Kier alpha value is -1.10. The van der Waals surface area contributed by atoms with Gasteiger partial charge in [-0.3, -0.25) is 0 Å². The van der Waals surface area contributed by atoms with Crippen LogP contribution in [0.3, 0.4) is 0 Å². The molecule has 1 heterocycles. The predicted molar refractivity (Wildman–Crippen MR) is 66.2 cm³/mol. The average Bonchev–Trinajstić information content (AvgIpc) is 2.74. The number of hydrogen-bond donors (Lipinski definition) is 2. The van der Waals surface area contributed by atoms with E-state index in [1.165, 1.54) is 32.1 Å². The highest BCUT2D eigenvalue weighted by molar-refractivity contribution is 5.09. The molecule has 5 nitrogen and oxygen atoms in total. The first-order chi connectivity index (χ1) is 8.70. The Labute approximate surface area is 106 Å². The van der Waals surface area contributed by atoms with Gasteiger partial charge in [0.05, 0.1) is 6.04 Å². The summed E-state index contributed by atoms with van der Waals surface area (Å²) in [7, 11) is 0. The number of rotatable bonds is 2. The number of nitrogens with zero attached hydrogens (tertiary/aromatic N) is 2. The van der Waals surface area contributed by atoms with E-state index in [1.807, 2.05) is 0 Å². The fraction of sp³-hybridized carbons (Fsp3) is 0.846. The van der Waals surface area contributed by atoms with E-state index in [2.05, 4.69) is 10.2 Å². The lowest BCUT2D eigenvalue weighted by Crippen LogP contribution is -2.48. The molecule has 4 saturated carbocycles. The van der Waals surface area contributed by atoms with Crippen LogP contribution in [0.1, 0.15) is 44.0 Å². The molecule has 0 aromatic carbocycles. The van der Waals surface area contributed by atoms with E-state index in [-0.39, 0.29) is 12.1 Å². The van der Waals surface area contributed by atoms with Crippen LogP contribution in [-0.4, -0.2) is 10.2 Å². The van der Waals surface area contributed by atoms with Crippen molar-refractivity contribution >= 4 is 6.01 Å². The van der Waals surface area contributed by atoms with Crippen molar-refractivity contribution in [1.29, 1.82) is 0 Å². The molecule has 0 aliphatic heterocycles. The van der Waals surface area contributed by atoms with Gasteiger partial charge in [0.1, 0.15) is 0 Å². The van der Waals surface area contributed by atoms with E-state index in [4.69, 9.17) is 15.9 Å². The maximum absolute atomic E-state index is 6.38. The van der Waals surface area contributed by atoms with Gasteiger partial charge in [0.2, 0.25) is 5.89 Å². The topological polar surface area (TPSA) is 91.0 Å². The van der Waals surface area contributed by atoms with Crippen molar-refractivity contribution in [3.05, 3.63) is 5.89 Å². The van der Waals surface area contributed by atoms with Crippen molar-refractivity contribution in [3.8, 4) is 0 Å². The van der Waals surface area contributed by atoms with Crippen LogP contribution in [0.5, 0.6) is 0 Å². The van der Waals surface area contributed by atoms with Crippen LogP contribution in [0.4, 0.5) is 6.01 Å². The molecule has 1 aromatic rings. The first-order valence-corrected chi connectivity index (χ1v) is 7.05. The molecule has 0 amide bonds. The zero-order valence-corrected chi connectivity index (χ0v) is 10.5. The van der Waals surface area contributed by atoms with Gasteiger partial charge in [0.15, 0.2) is 0 Å². The van der Waals surface area contributed by atoms with Crippen LogP contribution in [0.25, 0.3) is 0 Å². The maximum Gasteiger partial charge on any atom is 0.312 e. The highest BCUT2D eigenvalue weighted by Gasteiger charge is 2.50. The smallest absolute Gasteiger partial charge is 0.312 e. The number of nitrogens with two attached hydrogens (primary N) is 2. The monoisotopic (exact) mass is 248 g/mol. The van der Waals surface area contributed by atoms with E-state index < -0.39 is 0 Å². The third-order valence-corrected chi connectivity index (χ3v) is 5.46. The highest BCUT2D eigenvalue weighted by atomic mass is 16.4. The number of aromatic nitrogens is 2. The van der Waals surface area contributed by atoms with Crippen molar-refractivity contribution in [1.82, 2.24) is 10.2 Å². The molecule has 4 N–H and O–H groups in total. The molecular formula is C13H20N4O. The first kappa shape index (κ1) is 10.8. The van der Waals surface area contributed by atoms with Gasteiger partial charge in [-0.15, -0.1) is 5.10 Å². The molecule has 0 saturated heterocycles. The second-order valence-electron chi connectivity index (χ2n) is 6.51. The molecule has 4 aliphatic carbocycles. The van der Waals surface area contributed by atoms with E-state index in [0.717, 1.165) is 23.7 Å². The summed E-state index contributed by atoms with van der Waals surface area (Å²) in [6.45, 7) is 0. The first-order valence-electron chi connectivity index (χ1n) is 7.05. The lowest BCUT2D eigenvalue weighted by molar-refractivity contribution is -0.0502.